The molecule has 1 heterocycles. The summed E-state index contributed by atoms with van der Waals surface area (Å²) < 4.78 is 6.97. The van der Waals surface area contributed by atoms with E-state index in [0.29, 0.717) is 11.0 Å². The minimum Gasteiger partial charge on any atom is -0.486 e. The van der Waals surface area contributed by atoms with Gasteiger partial charge in [-0.25, -0.2) is 4.68 Å². The molecule has 7 nitrogen and oxygen atoms in total. The van der Waals surface area contributed by atoms with E-state index in [1.165, 1.54) is 16.4 Å². The molecule has 0 spiro atoms. The van der Waals surface area contributed by atoms with Crippen molar-refractivity contribution in [3.05, 3.63) is 66.0 Å². The summed E-state index contributed by atoms with van der Waals surface area (Å²) in [4.78, 5) is 12.2. The van der Waals surface area contributed by atoms with E-state index >= 15 is 0 Å². The smallest absolute Gasteiger partial charge is 0.234 e. The first kappa shape index (κ1) is 18.8. The van der Waals surface area contributed by atoms with Crippen LogP contribution in [0.3, 0.4) is 0 Å². The van der Waals surface area contributed by atoms with Gasteiger partial charge in [-0.05, 0) is 30.2 Å². The molecule has 0 aliphatic rings. The van der Waals surface area contributed by atoms with Crippen molar-refractivity contribution in [1.82, 2.24) is 14.9 Å². The predicted octanol–water partition coefficient (Wildman–Crippen LogP) is 2.86. The van der Waals surface area contributed by atoms with Crippen LogP contribution < -0.4 is 15.9 Å². The summed E-state index contributed by atoms with van der Waals surface area (Å²) in [5.41, 5.74) is 1.93. The SMILES string of the molecule is CCc1ccccc1NC(=O)CSc1nnc(COc2ccccc2)n1N. The van der Waals surface area contributed by atoms with Crippen molar-refractivity contribution in [2.24, 2.45) is 0 Å². The molecule has 1 aromatic heterocycles. The molecular formula is C19H21N5O2S. The van der Waals surface area contributed by atoms with E-state index in [1.54, 1.807) is 0 Å². The van der Waals surface area contributed by atoms with Crippen molar-refractivity contribution in [2.45, 2.75) is 25.1 Å². The first-order valence-electron chi connectivity index (χ1n) is 8.55. The third-order valence-electron chi connectivity index (χ3n) is 3.85. The molecule has 0 aliphatic carbocycles. The topological polar surface area (TPSA) is 95.1 Å². The number of thioether (sulfide) groups is 1. The Morgan fingerprint density at radius 3 is 2.67 bits per heavy atom. The lowest BCUT2D eigenvalue weighted by Crippen LogP contribution is -2.18. The van der Waals surface area contributed by atoms with E-state index in [2.05, 4.69) is 22.4 Å². The second-order valence-electron chi connectivity index (χ2n) is 5.72. The highest BCUT2D eigenvalue weighted by atomic mass is 32.2. The molecule has 0 bridgehead atoms. The van der Waals surface area contributed by atoms with Crippen LogP contribution in [0.2, 0.25) is 0 Å². The molecule has 2 aromatic carbocycles. The van der Waals surface area contributed by atoms with Crippen LogP contribution in [0.4, 0.5) is 5.69 Å². The Balaban J connectivity index is 1.54. The van der Waals surface area contributed by atoms with Crippen LogP contribution in [0.15, 0.2) is 59.8 Å². The second-order valence-corrected chi connectivity index (χ2v) is 6.66. The van der Waals surface area contributed by atoms with Crippen LogP contribution in [-0.4, -0.2) is 26.5 Å². The minimum atomic E-state index is -0.119. The third-order valence-corrected chi connectivity index (χ3v) is 4.79. The Labute approximate surface area is 161 Å². The zero-order chi connectivity index (χ0) is 19.1. The molecule has 0 radical (unpaired) electrons. The molecule has 140 valence electrons. The summed E-state index contributed by atoms with van der Waals surface area (Å²) in [5.74, 6) is 7.29. The van der Waals surface area contributed by atoms with Crippen molar-refractivity contribution >= 4 is 23.4 Å². The molecule has 1 amide bonds. The molecular weight excluding hydrogens is 362 g/mol. The lowest BCUT2D eigenvalue weighted by atomic mass is 10.1. The van der Waals surface area contributed by atoms with E-state index in [-0.39, 0.29) is 18.3 Å². The zero-order valence-electron chi connectivity index (χ0n) is 15.0. The van der Waals surface area contributed by atoms with Gasteiger partial charge in [0.25, 0.3) is 0 Å². The number of hydrogen-bond acceptors (Lipinski definition) is 6. The lowest BCUT2D eigenvalue weighted by Gasteiger charge is -2.09. The average molecular weight is 383 g/mol. The Morgan fingerprint density at radius 2 is 1.89 bits per heavy atom. The van der Waals surface area contributed by atoms with Gasteiger partial charge >= 0.3 is 0 Å². The van der Waals surface area contributed by atoms with Crippen molar-refractivity contribution in [1.29, 1.82) is 0 Å². The number of hydrogen-bond donors (Lipinski definition) is 2. The van der Waals surface area contributed by atoms with Gasteiger partial charge in [-0.1, -0.05) is 55.1 Å². The molecule has 0 unspecified atom stereocenters. The quantitative estimate of drug-likeness (QED) is 0.459. The van der Waals surface area contributed by atoms with Gasteiger partial charge in [-0.15, -0.1) is 10.2 Å². The molecule has 8 heteroatoms. The first-order valence-corrected chi connectivity index (χ1v) is 9.53. The summed E-state index contributed by atoms with van der Waals surface area (Å²) >= 11 is 1.23. The van der Waals surface area contributed by atoms with E-state index in [1.807, 2.05) is 54.6 Å². The largest absolute Gasteiger partial charge is 0.486 e. The number of benzene rings is 2. The van der Waals surface area contributed by atoms with Crippen LogP contribution in [0.25, 0.3) is 0 Å². The predicted molar refractivity (Wildman–Crippen MR) is 106 cm³/mol. The molecule has 0 atom stereocenters. The molecule has 0 saturated carbocycles. The van der Waals surface area contributed by atoms with Gasteiger partial charge in [0.1, 0.15) is 12.4 Å². The number of para-hydroxylation sites is 2. The number of nitrogen functional groups attached to an aromatic ring is 1. The van der Waals surface area contributed by atoms with Gasteiger partial charge in [0, 0.05) is 5.69 Å². The fourth-order valence-electron chi connectivity index (χ4n) is 2.44. The highest BCUT2D eigenvalue weighted by molar-refractivity contribution is 7.99. The molecule has 0 aliphatic heterocycles. The standard InChI is InChI=1S/C19H21N5O2S/c1-2-14-8-6-7-11-16(14)21-18(25)13-27-19-23-22-17(24(19)20)12-26-15-9-4-3-5-10-15/h3-11H,2,12-13,20H2,1H3,(H,21,25). The monoisotopic (exact) mass is 383 g/mol. The van der Waals surface area contributed by atoms with Crippen LogP contribution in [-0.2, 0) is 17.8 Å². The highest BCUT2D eigenvalue weighted by Gasteiger charge is 2.13. The number of ether oxygens (including phenoxy) is 1. The Bertz CT molecular complexity index is 898. The van der Waals surface area contributed by atoms with Gasteiger partial charge in [-0.3, -0.25) is 4.79 Å². The number of aromatic nitrogens is 3. The number of carbonyl (C=O) groups excluding carboxylic acids is 1. The molecule has 27 heavy (non-hydrogen) atoms. The summed E-state index contributed by atoms with van der Waals surface area (Å²) in [6.07, 6.45) is 0.853. The number of anilines is 1. The normalized spacial score (nSPS) is 10.6. The van der Waals surface area contributed by atoms with Gasteiger partial charge < -0.3 is 15.9 Å². The van der Waals surface area contributed by atoms with E-state index in [0.717, 1.165) is 23.4 Å². The maximum Gasteiger partial charge on any atom is 0.234 e. The summed E-state index contributed by atoms with van der Waals surface area (Å²) in [5, 5.41) is 11.4. The van der Waals surface area contributed by atoms with Gasteiger partial charge in [0.15, 0.2) is 5.82 Å². The number of aryl methyl sites for hydroxylation is 1. The van der Waals surface area contributed by atoms with Crippen molar-refractivity contribution < 1.29 is 9.53 Å². The van der Waals surface area contributed by atoms with Crippen LogP contribution in [0, 0.1) is 0 Å². The maximum absolute atomic E-state index is 12.2. The van der Waals surface area contributed by atoms with Gasteiger partial charge in [-0.2, -0.15) is 0 Å². The van der Waals surface area contributed by atoms with Crippen LogP contribution >= 0.6 is 11.8 Å². The number of rotatable bonds is 8. The second kappa shape index (κ2) is 9.09. The number of nitrogens with two attached hydrogens (primary N) is 1. The maximum atomic E-state index is 12.2. The van der Waals surface area contributed by atoms with Crippen molar-refractivity contribution in [2.75, 3.05) is 16.9 Å². The van der Waals surface area contributed by atoms with Gasteiger partial charge in [0.2, 0.25) is 11.1 Å². The van der Waals surface area contributed by atoms with Crippen LogP contribution in [0.1, 0.15) is 18.3 Å². The fourth-order valence-corrected chi connectivity index (χ4v) is 3.11. The first-order chi connectivity index (χ1) is 13.2. The lowest BCUT2D eigenvalue weighted by molar-refractivity contribution is -0.113. The Kier molecular flexibility index (Phi) is 6.32. The Morgan fingerprint density at radius 1 is 1.15 bits per heavy atom. The summed E-state index contributed by atoms with van der Waals surface area (Å²) in [7, 11) is 0. The molecule has 3 aromatic rings. The number of nitrogens with one attached hydrogen (secondary N) is 1. The highest BCUT2D eigenvalue weighted by Crippen LogP contribution is 2.19. The molecule has 3 rings (SSSR count). The third kappa shape index (κ3) is 5.01. The zero-order valence-corrected chi connectivity index (χ0v) is 15.8. The molecule has 3 N–H and O–H groups in total. The van der Waals surface area contributed by atoms with E-state index in [9.17, 15) is 4.79 Å². The van der Waals surface area contributed by atoms with Gasteiger partial charge in [0.05, 0.1) is 5.75 Å². The molecule has 0 fully saturated rings. The minimum absolute atomic E-state index is 0.119. The number of amides is 1. The number of carbonyl (C=O) groups is 1. The van der Waals surface area contributed by atoms with Crippen LogP contribution in [0.5, 0.6) is 5.75 Å². The summed E-state index contributed by atoms with van der Waals surface area (Å²) in [6, 6.07) is 17.1. The van der Waals surface area contributed by atoms with E-state index < -0.39 is 0 Å². The Hall–Kier alpha value is -3.00. The van der Waals surface area contributed by atoms with Crippen molar-refractivity contribution in [3.8, 4) is 5.75 Å². The fraction of sp³-hybridized carbons (Fsp3) is 0.211. The van der Waals surface area contributed by atoms with E-state index in [4.69, 9.17) is 10.6 Å². The van der Waals surface area contributed by atoms with Crippen molar-refractivity contribution in [3.63, 3.8) is 0 Å². The molecule has 0 saturated heterocycles. The average Bonchev–Trinajstić information content (AvgIpc) is 3.05. The number of nitrogens with zero attached hydrogens (tertiary/aromatic N) is 3. The summed E-state index contributed by atoms with van der Waals surface area (Å²) in [6.45, 7) is 2.25.